The van der Waals surface area contributed by atoms with Gasteiger partial charge in [-0.05, 0) is 19.3 Å². The number of amides is 1. The molecule has 0 aliphatic heterocycles. The number of rotatable bonds is 5. The maximum atomic E-state index is 11.7. The van der Waals surface area contributed by atoms with E-state index in [2.05, 4.69) is 5.32 Å². The van der Waals surface area contributed by atoms with Crippen LogP contribution in [0, 0.1) is 11.8 Å². The van der Waals surface area contributed by atoms with E-state index in [1.165, 1.54) is 38.5 Å². The van der Waals surface area contributed by atoms with Gasteiger partial charge in [-0.15, -0.1) is 0 Å². The normalized spacial score (nSPS) is 20.1. The van der Waals surface area contributed by atoms with Gasteiger partial charge in [0.15, 0.2) is 0 Å². The average molecular weight is 226 g/mol. The summed E-state index contributed by atoms with van der Waals surface area (Å²) in [5.74, 6) is 0.899. The summed E-state index contributed by atoms with van der Waals surface area (Å²) in [5.41, 5.74) is 5.70. The van der Waals surface area contributed by atoms with Crippen LogP contribution >= 0.6 is 0 Å². The maximum Gasteiger partial charge on any atom is 0.224 e. The Morgan fingerprint density at radius 3 is 2.44 bits per heavy atom. The van der Waals surface area contributed by atoms with Crippen LogP contribution < -0.4 is 11.1 Å². The number of nitrogens with two attached hydrogens (primary N) is 1. The van der Waals surface area contributed by atoms with Gasteiger partial charge < -0.3 is 11.1 Å². The lowest BCUT2D eigenvalue weighted by atomic mass is 9.88. The minimum Gasteiger partial charge on any atom is -0.356 e. The van der Waals surface area contributed by atoms with Gasteiger partial charge in [-0.25, -0.2) is 0 Å². The fourth-order valence-electron chi connectivity index (χ4n) is 2.63. The van der Waals surface area contributed by atoms with Crippen LogP contribution in [0.2, 0.25) is 0 Å². The van der Waals surface area contributed by atoms with E-state index in [1.807, 2.05) is 6.92 Å². The molecule has 3 N–H and O–H groups in total. The predicted molar refractivity (Wildman–Crippen MR) is 67.0 cm³/mol. The van der Waals surface area contributed by atoms with Gasteiger partial charge in [0.2, 0.25) is 5.91 Å². The smallest absolute Gasteiger partial charge is 0.224 e. The van der Waals surface area contributed by atoms with Gasteiger partial charge in [-0.2, -0.15) is 0 Å². The van der Waals surface area contributed by atoms with Crippen LogP contribution in [-0.2, 0) is 4.79 Å². The topological polar surface area (TPSA) is 55.1 Å². The minimum atomic E-state index is 0.0306. The van der Waals surface area contributed by atoms with E-state index in [-0.39, 0.29) is 11.8 Å². The third-order valence-electron chi connectivity index (χ3n) is 3.60. The molecule has 1 rings (SSSR count). The monoisotopic (exact) mass is 226 g/mol. The van der Waals surface area contributed by atoms with Gasteiger partial charge >= 0.3 is 0 Å². The molecule has 0 radical (unpaired) electrons. The van der Waals surface area contributed by atoms with Crippen molar-refractivity contribution >= 4 is 5.91 Å². The predicted octanol–water partition coefficient (Wildman–Crippen LogP) is 2.06. The highest BCUT2D eigenvalue weighted by atomic mass is 16.1. The van der Waals surface area contributed by atoms with Crippen molar-refractivity contribution in [3.8, 4) is 0 Å². The first-order valence-corrected chi connectivity index (χ1v) is 6.75. The number of hydrogen-bond donors (Lipinski definition) is 2. The summed E-state index contributed by atoms with van der Waals surface area (Å²) in [6, 6.07) is 0. The summed E-state index contributed by atoms with van der Waals surface area (Å²) in [5, 5.41) is 2.88. The van der Waals surface area contributed by atoms with Crippen LogP contribution in [0.4, 0.5) is 0 Å². The van der Waals surface area contributed by atoms with Gasteiger partial charge in [0.05, 0.1) is 5.92 Å². The molecule has 1 aliphatic rings. The van der Waals surface area contributed by atoms with Crippen LogP contribution in [0.25, 0.3) is 0 Å². The molecule has 0 aromatic rings. The fraction of sp³-hybridized carbons (Fsp3) is 0.923. The fourth-order valence-corrected chi connectivity index (χ4v) is 2.63. The third-order valence-corrected chi connectivity index (χ3v) is 3.60. The number of carbonyl (C=O) groups is 1. The Bertz CT molecular complexity index is 198. The van der Waals surface area contributed by atoms with Crippen molar-refractivity contribution in [1.29, 1.82) is 0 Å². The van der Waals surface area contributed by atoms with Crippen LogP contribution in [0.1, 0.15) is 51.9 Å². The first-order chi connectivity index (χ1) is 7.77. The van der Waals surface area contributed by atoms with Gasteiger partial charge in [0.1, 0.15) is 0 Å². The zero-order valence-corrected chi connectivity index (χ0v) is 10.5. The molecule has 1 atom stereocenters. The molecule has 1 aliphatic carbocycles. The number of carbonyl (C=O) groups excluding carboxylic acids is 1. The van der Waals surface area contributed by atoms with Gasteiger partial charge in [-0.3, -0.25) is 4.79 Å². The Hall–Kier alpha value is -0.570. The molecule has 0 aromatic carbocycles. The van der Waals surface area contributed by atoms with Crippen molar-refractivity contribution in [1.82, 2.24) is 5.32 Å². The molecule has 0 heterocycles. The van der Waals surface area contributed by atoms with E-state index in [4.69, 9.17) is 5.73 Å². The maximum absolute atomic E-state index is 11.7. The van der Waals surface area contributed by atoms with Crippen molar-refractivity contribution < 1.29 is 4.79 Å². The van der Waals surface area contributed by atoms with Crippen molar-refractivity contribution in [2.75, 3.05) is 13.1 Å². The standard InChI is InChI=1S/C13H26N2O/c1-2-15-13(16)12(10-14)9-11-7-5-3-4-6-8-11/h11-12H,2-10,14H2,1H3,(H,15,16). The van der Waals surface area contributed by atoms with Gasteiger partial charge in [-0.1, -0.05) is 38.5 Å². The molecule has 1 fully saturated rings. The van der Waals surface area contributed by atoms with E-state index in [9.17, 15) is 4.79 Å². The summed E-state index contributed by atoms with van der Waals surface area (Å²) in [4.78, 5) is 11.7. The second-order valence-electron chi connectivity index (χ2n) is 4.92. The molecular formula is C13H26N2O. The molecule has 3 heteroatoms. The van der Waals surface area contributed by atoms with Gasteiger partial charge in [0.25, 0.3) is 0 Å². The highest BCUT2D eigenvalue weighted by Gasteiger charge is 2.22. The Morgan fingerprint density at radius 1 is 1.31 bits per heavy atom. The van der Waals surface area contributed by atoms with Crippen molar-refractivity contribution in [3.63, 3.8) is 0 Å². The van der Waals surface area contributed by atoms with Crippen molar-refractivity contribution in [3.05, 3.63) is 0 Å². The van der Waals surface area contributed by atoms with Crippen molar-refractivity contribution in [2.24, 2.45) is 17.6 Å². The summed E-state index contributed by atoms with van der Waals surface area (Å²) < 4.78 is 0. The highest BCUT2D eigenvalue weighted by Crippen LogP contribution is 2.27. The lowest BCUT2D eigenvalue weighted by Crippen LogP contribution is -2.36. The van der Waals surface area contributed by atoms with E-state index >= 15 is 0 Å². The quantitative estimate of drug-likeness (QED) is 0.705. The molecule has 1 saturated carbocycles. The average Bonchev–Trinajstić information content (AvgIpc) is 2.54. The third kappa shape index (κ3) is 4.52. The summed E-state index contributed by atoms with van der Waals surface area (Å²) in [7, 11) is 0. The molecule has 1 unspecified atom stereocenters. The molecule has 0 aromatic heterocycles. The van der Waals surface area contributed by atoms with Crippen LogP contribution in [-0.4, -0.2) is 19.0 Å². The van der Waals surface area contributed by atoms with Gasteiger partial charge in [0, 0.05) is 13.1 Å². The van der Waals surface area contributed by atoms with Crippen LogP contribution in [0.3, 0.4) is 0 Å². The Morgan fingerprint density at radius 2 is 1.94 bits per heavy atom. The number of hydrogen-bond acceptors (Lipinski definition) is 2. The zero-order valence-electron chi connectivity index (χ0n) is 10.5. The second kappa shape index (κ2) is 7.66. The Labute approximate surface area is 99.2 Å². The zero-order chi connectivity index (χ0) is 11.8. The van der Waals surface area contributed by atoms with E-state index in [0.717, 1.165) is 12.3 Å². The molecule has 0 saturated heterocycles. The van der Waals surface area contributed by atoms with Crippen LogP contribution in [0.15, 0.2) is 0 Å². The Balaban J connectivity index is 2.38. The first-order valence-electron chi connectivity index (χ1n) is 6.75. The molecule has 3 nitrogen and oxygen atoms in total. The lowest BCUT2D eigenvalue weighted by molar-refractivity contribution is -0.125. The van der Waals surface area contributed by atoms with E-state index < -0.39 is 0 Å². The van der Waals surface area contributed by atoms with Crippen LogP contribution in [0.5, 0.6) is 0 Å². The SMILES string of the molecule is CCNC(=O)C(CN)CC1CCCCCC1. The van der Waals surface area contributed by atoms with Crippen molar-refractivity contribution in [2.45, 2.75) is 51.9 Å². The molecular weight excluding hydrogens is 200 g/mol. The minimum absolute atomic E-state index is 0.0306. The van der Waals surface area contributed by atoms with E-state index in [1.54, 1.807) is 0 Å². The van der Waals surface area contributed by atoms with E-state index in [0.29, 0.717) is 13.1 Å². The molecule has 0 spiro atoms. The summed E-state index contributed by atoms with van der Waals surface area (Å²) in [6.45, 7) is 3.15. The molecule has 0 bridgehead atoms. The molecule has 16 heavy (non-hydrogen) atoms. The largest absolute Gasteiger partial charge is 0.356 e. The lowest BCUT2D eigenvalue weighted by Gasteiger charge is -2.20. The number of nitrogens with one attached hydrogen (secondary N) is 1. The Kier molecular flexibility index (Phi) is 6.46. The molecule has 1 amide bonds. The summed E-state index contributed by atoms with van der Waals surface area (Å²) in [6.07, 6.45) is 8.96. The highest BCUT2D eigenvalue weighted by molar-refractivity contribution is 5.78. The first kappa shape index (κ1) is 13.5. The summed E-state index contributed by atoms with van der Waals surface area (Å²) >= 11 is 0. The molecule has 94 valence electrons. The second-order valence-corrected chi connectivity index (χ2v) is 4.92.